The van der Waals surface area contributed by atoms with Gasteiger partial charge in [-0.1, -0.05) is 18.2 Å². The van der Waals surface area contributed by atoms with Gasteiger partial charge in [-0.2, -0.15) is 0 Å². The normalized spacial score (nSPS) is 18.9. The first-order valence-electron chi connectivity index (χ1n) is 9.74. The highest BCUT2D eigenvalue weighted by molar-refractivity contribution is 6.04. The second kappa shape index (κ2) is 8.46. The minimum Gasteiger partial charge on any atom is -0.364 e. The van der Waals surface area contributed by atoms with Crippen molar-refractivity contribution >= 4 is 23.4 Å². The summed E-state index contributed by atoms with van der Waals surface area (Å²) in [5, 5.41) is 2.95. The monoisotopic (exact) mass is 397 g/mol. The highest BCUT2D eigenvalue weighted by atomic mass is 16.2. The summed E-state index contributed by atoms with van der Waals surface area (Å²) in [4.78, 5) is 42.6. The summed E-state index contributed by atoms with van der Waals surface area (Å²) >= 11 is 0. The van der Waals surface area contributed by atoms with Crippen LogP contribution in [0.15, 0.2) is 30.6 Å². The molecule has 1 saturated carbocycles. The summed E-state index contributed by atoms with van der Waals surface area (Å²) in [6, 6.07) is 7.77. The molecule has 3 amide bonds. The Hall–Kier alpha value is -3.16. The maximum Gasteiger partial charge on any atom is 0.270 e. The molecule has 1 aromatic carbocycles. The quantitative estimate of drug-likeness (QED) is 0.801. The molecule has 1 aliphatic rings. The molecule has 0 bridgehead atoms. The minimum absolute atomic E-state index is 0.0336. The maximum absolute atomic E-state index is 12.9. The van der Waals surface area contributed by atoms with E-state index in [1.165, 1.54) is 10.9 Å². The molecule has 0 saturated heterocycles. The number of nitrogens with zero attached hydrogens (tertiary/aromatic N) is 3. The number of benzene rings is 1. The third-order valence-corrected chi connectivity index (χ3v) is 5.60. The number of aromatic nitrogens is 2. The number of carbonyl (C=O) groups excluding carboxylic acids is 3. The Morgan fingerprint density at radius 3 is 2.45 bits per heavy atom. The number of nitrogens with two attached hydrogens (primary N) is 1. The van der Waals surface area contributed by atoms with E-state index in [0.29, 0.717) is 25.7 Å². The molecule has 8 heteroatoms. The fourth-order valence-corrected chi connectivity index (χ4v) is 3.95. The molecular formula is C21H27N5O3. The number of primary amides is 1. The van der Waals surface area contributed by atoms with E-state index >= 15 is 0 Å². The van der Waals surface area contributed by atoms with Gasteiger partial charge in [-0.25, -0.2) is 4.98 Å². The van der Waals surface area contributed by atoms with E-state index in [-0.39, 0.29) is 35.2 Å². The topological polar surface area (TPSA) is 110 Å². The van der Waals surface area contributed by atoms with Crippen LogP contribution in [0.4, 0.5) is 5.69 Å². The summed E-state index contributed by atoms with van der Waals surface area (Å²) < 4.78 is 1.49. The largest absolute Gasteiger partial charge is 0.364 e. The number of carbonyl (C=O) groups is 3. The van der Waals surface area contributed by atoms with Crippen LogP contribution in [0.5, 0.6) is 0 Å². The standard InChI is InChI=1S/C21H27N5O3/c1-13-6-4-5-7-16(13)26(3)21(29)14-8-10-15(11-9-14)24-20(28)18-17(19(22)27)23-12-25(18)2/h4-7,12,14-15H,8-11H2,1-3H3,(H2,22,27)(H,24,28)/t14-,15-. The van der Waals surface area contributed by atoms with E-state index in [4.69, 9.17) is 5.73 Å². The van der Waals surface area contributed by atoms with Crippen LogP contribution in [-0.2, 0) is 11.8 Å². The van der Waals surface area contributed by atoms with Gasteiger partial charge in [0.25, 0.3) is 11.8 Å². The van der Waals surface area contributed by atoms with Crippen LogP contribution in [0.1, 0.15) is 52.2 Å². The number of aryl methyl sites for hydroxylation is 2. The van der Waals surface area contributed by atoms with Crippen LogP contribution >= 0.6 is 0 Å². The number of amides is 3. The van der Waals surface area contributed by atoms with Crippen molar-refractivity contribution in [3.05, 3.63) is 47.5 Å². The summed E-state index contributed by atoms with van der Waals surface area (Å²) in [7, 11) is 3.46. The number of hydrogen-bond acceptors (Lipinski definition) is 4. The molecule has 29 heavy (non-hydrogen) atoms. The lowest BCUT2D eigenvalue weighted by molar-refractivity contribution is -0.123. The van der Waals surface area contributed by atoms with Crippen LogP contribution < -0.4 is 16.0 Å². The Morgan fingerprint density at radius 1 is 1.17 bits per heavy atom. The van der Waals surface area contributed by atoms with Crippen molar-refractivity contribution in [3.8, 4) is 0 Å². The van der Waals surface area contributed by atoms with Crippen LogP contribution in [0, 0.1) is 12.8 Å². The van der Waals surface area contributed by atoms with Crippen molar-refractivity contribution in [1.29, 1.82) is 0 Å². The number of imidazole rings is 1. The Labute approximate surface area is 170 Å². The van der Waals surface area contributed by atoms with Crippen LogP contribution in [0.2, 0.25) is 0 Å². The lowest BCUT2D eigenvalue weighted by Crippen LogP contribution is -2.42. The molecule has 3 rings (SSSR count). The van der Waals surface area contributed by atoms with Gasteiger partial charge in [-0.15, -0.1) is 0 Å². The van der Waals surface area contributed by atoms with Crippen molar-refractivity contribution in [2.75, 3.05) is 11.9 Å². The van der Waals surface area contributed by atoms with E-state index in [9.17, 15) is 14.4 Å². The molecule has 0 unspecified atom stereocenters. The van der Waals surface area contributed by atoms with Gasteiger partial charge in [0.1, 0.15) is 5.69 Å². The van der Waals surface area contributed by atoms with E-state index in [1.807, 2.05) is 38.2 Å². The van der Waals surface area contributed by atoms with Crippen LogP contribution in [0.3, 0.4) is 0 Å². The predicted molar refractivity (Wildman–Crippen MR) is 110 cm³/mol. The van der Waals surface area contributed by atoms with E-state index in [1.54, 1.807) is 11.9 Å². The highest BCUT2D eigenvalue weighted by Crippen LogP contribution is 2.28. The second-order valence-corrected chi connectivity index (χ2v) is 7.62. The van der Waals surface area contributed by atoms with Crippen molar-refractivity contribution < 1.29 is 14.4 Å². The summed E-state index contributed by atoms with van der Waals surface area (Å²) in [6.45, 7) is 1.99. The first-order chi connectivity index (χ1) is 13.8. The summed E-state index contributed by atoms with van der Waals surface area (Å²) in [6.07, 6.45) is 4.20. The van der Waals surface area contributed by atoms with Gasteiger partial charge in [0.2, 0.25) is 5.91 Å². The fourth-order valence-electron chi connectivity index (χ4n) is 3.95. The Balaban J connectivity index is 1.59. The van der Waals surface area contributed by atoms with Gasteiger partial charge in [0, 0.05) is 31.7 Å². The molecule has 154 valence electrons. The number of para-hydroxylation sites is 1. The smallest absolute Gasteiger partial charge is 0.270 e. The predicted octanol–water partition coefficient (Wildman–Crippen LogP) is 1.78. The Morgan fingerprint density at radius 2 is 1.83 bits per heavy atom. The molecule has 0 radical (unpaired) electrons. The lowest BCUT2D eigenvalue weighted by atomic mass is 9.85. The zero-order chi connectivity index (χ0) is 21.1. The lowest BCUT2D eigenvalue weighted by Gasteiger charge is -2.31. The zero-order valence-corrected chi connectivity index (χ0v) is 17.0. The highest BCUT2D eigenvalue weighted by Gasteiger charge is 2.31. The second-order valence-electron chi connectivity index (χ2n) is 7.62. The van der Waals surface area contributed by atoms with E-state index < -0.39 is 5.91 Å². The van der Waals surface area contributed by atoms with Gasteiger partial charge in [0.05, 0.1) is 6.33 Å². The van der Waals surface area contributed by atoms with Crippen molar-refractivity contribution in [1.82, 2.24) is 14.9 Å². The number of rotatable bonds is 5. The minimum atomic E-state index is -0.732. The molecule has 0 spiro atoms. The molecule has 0 atom stereocenters. The van der Waals surface area contributed by atoms with Crippen LogP contribution in [-0.4, -0.2) is 40.4 Å². The molecule has 0 aliphatic heterocycles. The molecule has 1 aliphatic carbocycles. The number of anilines is 1. The zero-order valence-electron chi connectivity index (χ0n) is 17.0. The van der Waals surface area contributed by atoms with Crippen molar-refractivity contribution in [3.63, 3.8) is 0 Å². The third kappa shape index (κ3) is 4.31. The molecule has 1 fully saturated rings. The van der Waals surface area contributed by atoms with E-state index in [0.717, 1.165) is 11.3 Å². The first kappa shape index (κ1) is 20.6. The maximum atomic E-state index is 12.9. The van der Waals surface area contributed by atoms with Crippen molar-refractivity contribution in [2.45, 2.75) is 38.6 Å². The summed E-state index contributed by atoms with van der Waals surface area (Å²) in [5.74, 6) is -1.06. The number of hydrogen-bond donors (Lipinski definition) is 2. The Kier molecular flexibility index (Phi) is 6.00. The van der Waals surface area contributed by atoms with Gasteiger partial charge in [0.15, 0.2) is 5.69 Å². The van der Waals surface area contributed by atoms with E-state index in [2.05, 4.69) is 10.3 Å². The molecule has 1 aromatic heterocycles. The Bertz CT molecular complexity index is 928. The number of nitrogens with one attached hydrogen (secondary N) is 1. The van der Waals surface area contributed by atoms with Gasteiger partial charge < -0.3 is 20.5 Å². The average molecular weight is 397 g/mol. The molecule has 3 N–H and O–H groups in total. The molecule has 8 nitrogen and oxygen atoms in total. The fraction of sp³-hybridized carbons (Fsp3) is 0.429. The molecule has 1 heterocycles. The summed E-state index contributed by atoms with van der Waals surface area (Å²) in [5.41, 5.74) is 7.41. The van der Waals surface area contributed by atoms with Gasteiger partial charge >= 0.3 is 0 Å². The van der Waals surface area contributed by atoms with Crippen LogP contribution in [0.25, 0.3) is 0 Å². The molecular weight excluding hydrogens is 370 g/mol. The SMILES string of the molecule is Cc1ccccc1N(C)C(=O)[C@H]1CC[C@H](NC(=O)c2c(C(N)=O)ncn2C)CC1. The molecule has 2 aromatic rings. The van der Waals surface area contributed by atoms with Gasteiger partial charge in [-0.05, 0) is 44.2 Å². The third-order valence-electron chi connectivity index (χ3n) is 5.60. The van der Waals surface area contributed by atoms with Gasteiger partial charge in [-0.3, -0.25) is 14.4 Å². The average Bonchev–Trinajstić information content (AvgIpc) is 3.10. The first-order valence-corrected chi connectivity index (χ1v) is 9.74. The van der Waals surface area contributed by atoms with Crippen molar-refractivity contribution in [2.24, 2.45) is 18.7 Å².